The number of nitrogens with zero attached hydrogens (tertiary/aromatic N) is 2. The molecule has 1 N–H and O–H groups in total. The predicted molar refractivity (Wildman–Crippen MR) is 95.9 cm³/mol. The second-order valence-electron chi connectivity index (χ2n) is 8.22. The first kappa shape index (κ1) is 17.0. The Morgan fingerprint density at radius 3 is 2.54 bits per heavy atom. The van der Waals surface area contributed by atoms with Crippen LogP contribution in [0.4, 0.5) is 0 Å². The lowest BCUT2D eigenvalue weighted by Gasteiger charge is -2.24. The van der Waals surface area contributed by atoms with E-state index in [1.54, 1.807) is 6.07 Å². The van der Waals surface area contributed by atoms with Crippen LogP contribution >= 0.6 is 0 Å². The molecule has 130 valence electrons. The highest BCUT2D eigenvalue weighted by Gasteiger charge is 2.27. The molecule has 24 heavy (non-hydrogen) atoms. The van der Waals surface area contributed by atoms with Crippen LogP contribution in [0.25, 0.3) is 5.65 Å². The fourth-order valence-corrected chi connectivity index (χ4v) is 3.98. The molecule has 0 aliphatic heterocycles. The molecule has 3 rings (SSSR count). The molecule has 1 fully saturated rings. The van der Waals surface area contributed by atoms with Crippen molar-refractivity contribution in [1.82, 2.24) is 9.38 Å². The summed E-state index contributed by atoms with van der Waals surface area (Å²) in [6, 6.07) is 1.71. The van der Waals surface area contributed by atoms with Gasteiger partial charge in [-0.2, -0.15) is 0 Å². The van der Waals surface area contributed by atoms with Gasteiger partial charge in [0.05, 0.1) is 11.3 Å². The van der Waals surface area contributed by atoms with E-state index in [2.05, 4.69) is 25.2 Å². The molecule has 1 aliphatic carbocycles. The zero-order valence-corrected chi connectivity index (χ0v) is 15.2. The van der Waals surface area contributed by atoms with E-state index < -0.39 is 5.97 Å². The fraction of sp³-hybridized carbons (Fsp3) is 0.600. The van der Waals surface area contributed by atoms with E-state index in [4.69, 9.17) is 4.98 Å². The van der Waals surface area contributed by atoms with Crippen LogP contribution in [-0.2, 0) is 11.8 Å². The van der Waals surface area contributed by atoms with Gasteiger partial charge in [-0.1, -0.05) is 52.9 Å². The topological polar surface area (TPSA) is 54.6 Å². The number of hydrogen-bond acceptors (Lipinski definition) is 2. The van der Waals surface area contributed by atoms with E-state index in [1.807, 2.05) is 13.1 Å². The third-order valence-corrected chi connectivity index (χ3v) is 5.29. The SMILES string of the molecule is Cc1c(C(=O)O)ccn2c(CC3CCCCC3)c(C(C)(C)C)nc12. The Bertz CT molecular complexity index is 762. The first-order chi connectivity index (χ1) is 11.3. The molecule has 0 aromatic carbocycles. The molecule has 2 aromatic rings. The number of pyridine rings is 1. The molecular weight excluding hydrogens is 300 g/mol. The maximum Gasteiger partial charge on any atom is 0.336 e. The summed E-state index contributed by atoms with van der Waals surface area (Å²) in [5, 5.41) is 9.39. The van der Waals surface area contributed by atoms with Crippen molar-refractivity contribution in [2.24, 2.45) is 5.92 Å². The third-order valence-electron chi connectivity index (χ3n) is 5.29. The van der Waals surface area contributed by atoms with Gasteiger partial charge in [0.2, 0.25) is 0 Å². The monoisotopic (exact) mass is 328 g/mol. The third kappa shape index (κ3) is 3.06. The Morgan fingerprint density at radius 2 is 1.96 bits per heavy atom. The molecule has 2 aromatic heterocycles. The van der Waals surface area contributed by atoms with Gasteiger partial charge in [0, 0.05) is 22.9 Å². The maximum atomic E-state index is 11.4. The van der Waals surface area contributed by atoms with Crippen molar-refractivity contribution < 1.29 is 9.90 Å². The van der Waals surface area contributed by atoms with Gasteiger partial charge >= 0.3 is 5.97 Å². The number of carbonyl (C=O) groups is 1. The van der Waals surface area contributed by atoms with Gasteiger partial charge in [-0.3, -0.25) is 0 Å². The van der Waals surface area contributed by atoms with Gasteiger partial charge in [-0.15, -0.1) is 0 Å². The van der Waals surface area contributed by atoms with Gasteiger partial charge in [0.25, 0.3) is 0 Å². The normalized spacial score (nSPS) is 16.7. The maximum absolute atomic E-state index is 11.4. The van der Waals surface area contributed by atoms with Gasteiger partial charge in [-0.25, -0.2) is 9.78 Å². The zero-order chi connectivity index (χ0) is 17.5. The summed E-state index contributed by atoms with van der Waals surface area (Å²) in [4.78, 5) is 16.3. The van der Waals surface area contributed by atoms with Crippen LogP contribution in [0.5, 0.6) is 0 Å². The number of carboxylic acid groups (broad SMARTS) is 1. The smallest absolute Gasteiger partial charge is 0.336 e. The molecule has 0 radical (unpaired) electrons. The highest BCUT2D eigenvalue weighted by molar-refractivity contribution is 5.91. The lowest BCUT2D eigenvalue weighted by atomic mass is 9.83. The second kappa shape index (κ2) is 6.23. The highest BCUT2D eigenvalue weighted by Crippen LogP contribution is 2.33. The van der Waals surface area contributed by atoms with Crippen LogP contribution in [0.3, 0.4) is 0 Å². The van der Waals surface area contributed by atoms with Crippen LogP contribution in [0.2, 0.25) is 0 Å². The molecule has 0 bridgehead atoms. The van der Waals surface area contributed by atoms with Crippen molar-refractivity contribution in [2.45, 2.75) is 71.6 Å². The first-order valence-electron chi connectivity index (χ1n) is 9.03. The summed E-state index contributed by atoms with van der Waals surface area (Å²) < 4.78 is 2.14. The number of rotatable bonds is 3. The summed E-state index contributed by atoms with van der Waals surface area (Å²) in [5.74, 6) is -0.164. The number of carboxylic acids is 1. The Kier molecular flexibility index (Phi) is 4.41. The predicted octanol–water partition coefficient (Wildman–Crippen LogP) is 4.76. The quantitative estimate of drug-likeness (QED) is 0.883. The lowest BCUT2D eigenvalue weighted by molar-refractivity contribution is 0.0696. The molecule has 0 atom stereocenters. The number of aryl methyl sites for hydroxylation is 1. The Hall–Kier alpha value is -1.84. The number of imidazole rings is 1. The van der Waals surface area contributed by atoms with Gasteiger partial charge in [0.1, 0.15) is 5.65 Å². The molecule has 1 aliphatic rings. The van der Waals surface area contributed by atoms with Crippen molar-refractivity contribution in [2.75, 3.05) is 0 Å². The molecule has 0 unspecified atom stereocenters. The Morgan fingerprint density at radius 1 is 1.29 bits per heavy atom. The summed E-state index contributed by atoms with van der Waals surface area (Å²) in [5.41, 5.74) is 4.22. The molecule has 2 heterocycles. The average Bonchev–Trinajstić information content (AvgIpc) is 2.88. The van der Waals surface area contributed by atoms with Crippen LogP contribution < -0.4 is 0 Å². The number of aromatic carboxylic acids is 1. The number of aromatic nitrogens is 2. The van der Waals surface area contributed by atoms with Crippen LogP contribution in [0.1, 0.15) is 80.2 Å². The molecule has 4 heteroatoms. The first-order valence-corrected chi connectivity index (χ1v) is 9.03. The number of fused-ring (bicyclic) bond motifs is 1. The van der Waals surface area contributed by atoms with E-state index in [9.17, 15) is 9.90 Å². The van der Waals surface area contributed by atoms with Crippen LogP contribution in [-0.4, -0.2) is 20.5 Å². The highest BCUT2D eigenvalue weighted by atomic mass is 16.4. The van der Waals surface area contributed by atoms with Crippen molar-refractivity contribution in [1.29, 1.82) is 0 Å². The van der Waals surface area contributed by atoms with E-state index >= 15 is 0 Å². The molecule has 4 nitrogen and oxygen atoms in total. The van der Waals surface area contributed by atoms with E-state index in [0.717, 1.165) is 29.2 Å². The summed E-state index contributed by atoms with van der Waals surface area (Å²) in [6.45, 7) is 8.42. The van der Waals surface area contributed by atoms with Crippen molar-refractivity contribution >= 4 is 11.6 Å². The van der Waals surface area contributed by atoms with Gasteiger partial charge in [0.15, 0.2) is 0 Å². The Balaban J connectivity index is 2.13. The zero-order valence-electron chi connectivity index (χ0n) is 15.2. The Labute approximate surface area is 143 Å². The van der Waals surface area contributed by atoms with Crippen LogP contribution in [0, 0.1) is 12.8 Å². The van der Waals surface area contributed by atoms with E-state index in [1.165, 1.54) is 37.8 Å². The molecule has 0 amide bonds. The minimum Gasteiger partial charge on any atom is -0.478 e. The minimum atomic E-state index is -0.885. The fourth-order valence-electron chi connectivity index (χ4n) is 3.98. The second-order valence-corrected chi connectivity index (χ2v) is 8.22. The van der Waals surface area contributed by atoms with Crippen molar-refractivity contribution in [3.8, 4) is 0 Å². The largest absolute Gasteiger partial charge is 0.478 e. The summed E-state index contributed by atoms with van der Waals surface area (Å²) in [7, 11) is 0. The summed E-state index contributed by atoms with van der Waals surface area (Å²) >= 11 is 0. The number of hydrogen-bond donors (Lipinski definition) is 1. The molecular formula is C20H28N2O2. The van der Waals surface area contributed by atoms with Gasteiger partial charge < -0.3 is 9.51 Å². The average molecular weight is 328 g/mol. The lowest BCUT2D eigenvalue weighted by Crippen LogP contribution is -2.18. The summed E-state index contributed by atoms with van der Waals surface area (Å²) in [6.07, 6.45) is 9.54. The van der Waals surface area contributed by atoms with Crippen molar-refractivity contribution in [3.63, 3.8) is 0 Å². The van der Waals surface area contributed by atoms with E-state index in [0.29, 0.717) is 5.56 Å². The van der Waals surface area contributed by atoms with Crippen molar-refractivity contribution in [3.05, 3.63) is 34.8 Å². The van der Waals surface area contributed by atoms with E-state index in [-0.39, 0.29) is 5.41 Å². The molecule has 1 saturated carbocycles. The minimum absolute atomic E-state index is 0.0498. The van der Waals surface area contributed by atoms with Gasteiger partial charge in [-0.05, 0) is 25.3 Å². The molecule has 0 saturated heterocycles. The molecule has 0 spiro atoms. The van der Waals surface area contributed by atoms with Crippen LogP contribution in [0.15, 0.2) is 12.3 Å². The standard InChI is InChI=1S/C20H28N2O2/c1-13-15(19(23)24)10-11-22-16(12-14-8-6-5-7-9-14)17(20(2,3)4)21-18(13)22/h10-11,14H,5-9,12H2,1-4H3,(H,23,24).